The zero-order chi connectivity index (χ0) is 8.55. The van der Waals surface area contributed by atoms with E-state index in [1.54, 1.807) is 6.08 Å². The van der Waals surface area contributed by atoms with Crippen molar-refractivity contribution >= 4 is 0 Å². The number of aliphatic hydroxyl groups excluding tert-OH is 1. The Morgan fingerprint density at radius 1 is 1.50 bits per heavy atom. The van der Waals surface area contributed by atoms with Crippen LogP contribution in [-0.4, -0.2) is 11.2 Å². The van der Waals surface area contributed by atoms with E-state index in [1.165, 1.54) is 0 Å². The molecule has 0 aliphatic heterocycles. The quantitative estimate of drug-likeness (QED) is 0.575. The second-order valence-electron chi connectivity index (χ2n) is 3.21. The third kappa shape index (κ3) is 1.07. The van der Waals surface area contributed by atoms with Crippen LogP contribution in [0.5, 0.6) is 0 Å². The van der Waals surface area contributed by atoms with Gasteiger partial charge in [0.05, 0.1) is 6.10 Å². The molecule has 1 atom stereocenters. The molecule has 1 N–H and O–H groups in total. The first-order valence-electron chi connectivity index (χ1n) is 4.24. The summed E-state index contributed by atoms with van der Waals surface area (Å²) >= 11 is 0. The molecule has 2 aliphatic rings. The first kappa shape index (κ1) is 7.56. The van der Waals surface area contributed by atoms with Crippen molar-refractivity contribution < 1.29 is 5.11 Å². The molecule has 0 aromatic carbocycles. The van der Waals surface area contributed by atoms with E-state index in [0.717, 1.165) is 29.6 Å². The lowest BCUT2D eigenvalue weighted by Crippen LogP contribution is -2.15. The van der Waals surface area contributed by atoms with Gasteiger partial charge in [-0.25, -0.2) is 0 Å². The van der Waals surface area contributed by atoms with Crippen molar-refractivity contribution in [3.63, 3.8) is 0 Å². The normalized spacial score (nSPS) is 27.8. The summed E-state index contributed by atoms with van der Waals surface area (Å²) in [6, 6.07) is 0. The molecule has 0 bridgehead atoms. The zero-order valence-corrected chi connectivity index (χ0v) is 6.96. The third-order valence-corrected chi connectivity index (χ3v) is 2.38. The average Bonchev–Trinajstić information content (AvgIpc) is 2.07. The van der Waals surface area contributed by atoms with Crippen molar-refractivity contribution in [2.45, 2.75) is 18.9 Å². The summed E-state index contributed by atoms with van der Waals surface area (Å²) < 4.78 is 0. The van der Waals surface area contributed by atoms with Gasteiger partial charge in [-0.15, -0.1) is 0 Å². The van der Waals surface area contributed by atoms with Crippen LogP contribution in [0.3, 0.4) is 0 Å². The van der Waals surface area contributed by atoms with Crippen molar-refractivity contribution in [3.8, 4) is 0 Å². The molecule has 0 aromatic heterocycles. The van der Waals surface area contributed by atoms with Gasteiger partial charge < -0.3 is 5.11 Å². The van der Waals surface area contributed by atoms with Gasteiger partial charge in [-0.05, 0) is 29.6 Å². The second-order valence-corrected chi connectivity index (χ2v) is 3.21. The number of rotatable bonds is 0. The molecule has 2 aliphatic carbocycles. The Kier molecular flexibility index (Phi) is 1.74. The van der Waals surface area contributed by atoms with Crippen LogP contribution >= 0.6 is 0 Å². The summed E-state index contributed by atoms with van der Waals surface area (Å²) in [5, 5.41) is 9.59. The van der Waals surface area contributed by atoms with Crippen molar-refractivity contribution in [1.29, 1.82) is 0 Å². The lowest BCUT2D eigenvalue weighted by molar-refractivity contribution is 0.259. The summed E-state index contributed by atoms with van der Waals surface area (Å²) in [5.41, 5.74) is 3.32. The van der Waals surface area contributed by atoms with Gasteiger partial charge >= 0.3 is 0 Å². The number of allylic oxidation sites excluding steroid dienone is 4. The molecular weight excluding hydrogens is 148 g/mol. The average molecular weight is 160 g/mol. The largest absolute Gasteiger partial charge is 0.384 e. The molecule has 1 heteroatoms. The maximum atomic E-state index is 9.59. The van der Waals surface area contributed by atoms with Crippen LogP contribution in [-0.2, 0) is 0 Å². The monoisotopic (exact) mass is 160 g/mol. The maximum Gasteiger partial charge on any atom is 0.0977 e. The summed E-state index contributed by atoms with van der Waals surface area (Å²) in [4.78, 5) is 0. The first-order valence-corrected chi connectivity index (χ1v) is 4.24. The standard InChI is InChI=1S/C11H12O/c1-8-4-2-6-10-9(8)5-3-7-11(10)12/h3,5-7,11-12H,1-2,4H2. The van der Waals surface area contributed by atoms with Gasteiger partial charge in [0.2, 0.25) is 0 Å². The minimum absolute atomic E-state index is 0.415. The van der Waals surface area contributed by atoms with E-state index in [4.69, 9.17) is 0 Å². The fourth-order valence-electron chi connectivity index (χ4n) is 1.71. The summed E-state index contributed by atoms with van der Waals surface area (Å²) in [7, 11) is 0. The Labute approximate surface area is 72.4 Å². The van der Waals surface area contributed by atoms with Crippen LogP contribution in [0.15, 0.2) is 47.6 Å². The highest BCUT2D eigenvalue weighted by atomic mass is 16.3. The smallest absolute Gasteiger partial charge is 0.0977 e. The molecule has 0 amide bonds. The van der Waals surface area contributed by atoms with Gasteiger partial charge in [-0.3, -0.25) is 0 Å². The molecule has 0 fully saturated rings. The molecule has 62 valence electrons. The second kappa shape index (κ2) is 2.76. The van der Waals surface area contributed by atoms with Crippen molar-refractivity contribution in [1.82, 2.24) is 0 Å². The van der Waals surface area contributed by atoms with Gasteiger partial charge in [-0.1, -0.05) is 30.9 Å². The zero-order valence-electron chi connectivity index (χ0n) is 6.96. The minimum atomic E-state index is -0.415. The SMILES string of the molecule is C=C1CCC=C2C1=CC=CC2O. The van der Waals surface area contributed by atoms with E-state index in [2.05, 4.69) is 12.7 Å². The van der Waals surface area contributed by atoms with E-state index in [1.807, 2.05) is 12.2 Å². The predicted molar refractivity (Wildman–Crippen MR) is 49.7 cm³/mol. The van der Waals surface area contributed by atoms with Crippen molar-refractivity contribution in [2.75, 3.05) is 0 Å². The Balaban J connectivity index is 2.45. The fraction of sp³-hybridized carbons (Fsp3) is 0.273. The predicted octanol–water partition coefficient (Wildman–Crippen LogP) is 2.12. The first-order chi connectivity index (χ1) is 5.79. The van der Waals surface area contributed by atoms with Crippen molar-refractivity contribution in [3.05, 3.63) is 47.6 Å². The molecule has 0 aromatic rings. The number of fused-ring (bicyclic) bond motifs is 1. The van der Waals surface area contributed by atoms with Crippen LogP contribution in [0.4, 0.5) is 0 Å². The Hall–Kier alpha value is -1.08. The molecule has 2 rings (SSSR count). The van der Waals surface area contributed by atoms with Gasteiger partial charge in [0.25, 0.3) is 0 Å². The summed E-state index contributed by atoms with van der Waals surface area (Å²) in [6.45, 7) is 3.98. The van der Waals surface area contributed by atoms with E-state index in [0.29, 0.717) is 0 Å². The third-order valence-electron chi connectivity index (χ3n) is 2.38. The topological polar surface area (TPSA) is 20.2 Å². The lowest BCUT2D eigenvalue weighted by Gasteiger charge is -2.24. The fourth-order valence-corrected chi connectivity index (χ4v) is 1.71. The summed E-state index contributed by atoms with van der Waals surface area (Å²) in [5.74, 6) is 0. The van der Waals surface area contributed by atoms with E-state index >= 15 is 0 Å². The Morgan fingerprint density at radius 2 is 2.33 bits per heavy atom. The molecular formula is C11H12O. The molecule has 0 spiro atoms. The molecule has 1 unspecified atom stereocenters. The number of hydrogen-bond donors (Lipinski definition) is 1. The number of aliphatic hydroxyl groups is 1. The van der Waals surface area contributed by atoms with E-state index in [-0.39, 0.29) is 0 Å². The maximum absolute atomic E-state index is 9.59. The number of hydrogen-bond acceptors (Lipinski definition) is 1. The highest BCUT2D eigenvalue weighted by molar-refractivity contribution is 5.54. The molecule has 1 nitrogen and oxygen atoms in total. The molecule has 0 saturated carbocycles. The van der Waals surface area contributed by atoms with Crippen LogP contribution in [0, 0.1) is 0 Å². The van der Waals surface area contributed by atoms with Gasteiger partial charge in [-0.2, -0.15) is 0 Å². The van der Waals surface area contributed by atoms with Crippen molar-refractivity contribution in [2.24, 2.45) is 0 Å². The highest BCUT2D eigenvalue weighted by Crippen LogP contribution is 2.32. The Morgan fingerprint density at radius 3 is 3.08 bits per heavy atom. The summed E-state index contributed by atoms with van der Waals surface area (Å²) in [6.07, 6.45) is 9.45. The van der Waals surface area contributed by atoms with Gasteiger partial charge in [0, 0.05) is 0 Å². The van der Waals surface area contributed by atoms with Crippen LogP contribution in [0.25, 0.3) is 0 Å². The van der Waals surface area contributed by atoms with Crippen LogP contribution < -0.4 is 0 Å². The van der Waals surface area contributed by atoms with E-state index in [9.17, 15) is 5.11 Å². The lowest BCUT2D eigenvalue weighted by atomic mass is 9.84. The van der Waals surface area contributed by atoms with Crippen LogP contribution in [0.1, 0.15) is 12.8 Å². The molecule has 0 saturated heterocycles. The molecule has 0 radical (unpaired) electrons. The Bertz CT molecular complexity index is 305. The van der Waals surface area contributed by atoms with E-state index < -0.39 is 6.10 Å². The van der Waals surface area contributed by atoms with Crippen LogP contribution in [0.2, 0.25) is 0 Å². The highest BCUT2D eigenvalue weighted by Gasteiger charge is 2.19. The van der Waals surface area contributed by atoms with Gasteiger partial charge in [0.1, 0.15) is 0 Å². The molecule has 0 heterocycles. The van der Waals surface area contributed by atoms with Gasteiger partial charge in [0.15, 0.2) is 0 Å². The minimum Gasteiger partial charge on any atom is -0.384 e. The molecule has 12 heavy (non-hydrogen) atoms.